The molecule has 0 radical (unpaired) electrons. The van der Waals surface area contributed by atoms with Crippen LogP contribution in [-0.4, -0.2) is 51.6 Å². The fourth-order valence-corrected chi connectivity index (χ4v) is 3.50. The highest BCUT2D eigenvalue weighted by molar-refractivity contribution is 5.85. The van der Waals surface area contributed by atoms with E-state index in [-0.39, 0.29) is 12.0 Å². The molecule has 6 heteroatoms. The Morgan fingerprint density at radius 1 is 1.22 bits per heavy atom. The van der Waals surface area contributed by atoms with Gasteiger partial charge in [0.2, 0.25) is 0 Å². The van der Waals surface area contributed by atoms with Crippen molar-refractivity contribution >= 4 is 16.7 Å². The van der Waals surface area contributed by atoms with Gasteiger partial charge in [-0.25, -0.2) is 0 Å². The van der Waals surface area contributed by atoms with Gasteiger partial charge in [-0.05, 0) is 47.4 Å². The smallest absolute Gasteiger partial charge is 0.191 e. The van der Waals surface area contributed by atoms with E-state index in [1.165, 1.54) is 10.9 Å². The summed E-state index contributed by atoms with van der Waals surface area (Å²) < 4.78 is 10.8. The molecule has 0 saturated carbocycles. The number of benzene rings is 2. The molecule has 1 atom stereocenters. The number of nitrogens with one attached hydrogen (secondary N) is 2. The largest absolute Gasteiger partial charge is 0.497 e. The van der Waals surface area contributed by atoms with E-state index in [0.29, 0.717) is 13.2 Å². The normalized spacial score (nSPS) is 20.0. The van der Waals surface area contributed by atoms with Crippen LogP contribution < -0.4 is 15.4 Å². The number of ether oxygens (including phenoxy) is 2. The van der Waals surface area contributed by atoms with Crippen molar-refractivity contribution in [1.82, 2.24) is 10.6 Å². The summed E-state index contributed by atoms with van der Waals surface area (Å²) in [5.74, 6) is 1.62. The molecule has 1 saturated heterocycles. The molecule has 3 N–H and O–H groups in total. The first-order valence-electron chi connectivity index (χ1n) is 9.38. The van der Waals surface area contributed by atoms with Crippen LogP contribution in [0.15, 0.2) is 41.4 Å². The number of fused-ring (bicyclic) bond motifs is 1. The van der Waals surface area contributed by atoms with Gasteiger partial charge in [0.15, 0.2) is 5.96 Å². The monoisotopic (exact) mass is 371 g/mol. The van der Waals surface area contributed by atoms with E-state index in [9.17, 15) is 5.11 Å². The molecule has 1 aliphatic heterocycles. The molecule has 0 aliphatic carbocycles. The van der Waals surface area contributed by atoms with Crippen LogP contribution in [0, 0.1) is 5.41 Å². The lowest BCUT2D eigenvalue weighted by molar-refractivity contribution is 0.127. The van der Waals surface area contributed by atoms with Crippen LogP contribution in [0.2, 0.25) is 0 Å². The van der Waals surface area contributed by atoms with E-state index >= 15 is 0 Å². The zero-order valence-electron chi connectivity index (χ0n) is 16.1. The molecule has 2 aromatic carbocycles. The molecular formula is C21H29N3O3. The lowest BCUT2D eigenvalue weighted by Gasteiger charge is -2.27. The van der Waals surface area contributed by atoms with Crippen molar-refractivity contribution in [2.45, 2.75) is 19.4 Å². The van der Waals surface area contributed by atoms with Gasteiger partial charge >= 0.3 is 0 Å². The number of rotatable bonds is 7. The number of nitrogens with zero attached hydrogens (tertiary/aromatic N) is 1. The van der Waals surface area contributed by atoms with Crippen LogP contribution in [0.5, 0.6) is 5.75 Å². The highest BCUT2D eigenvalue weighted by Crippen LogP contribution is 2.31. The standard InChI is InChI=1S/C21H29N3O3/c1-22-20(24-14-21(7-9-25)8-10-27-15-21)23-13-16-3-4-18-12-19(26-2)6-5-17(18)11-16/h3-6,11-12,25H,7-10,13-15H2,1-2H3,(H2,22,23,24). The first-order chi connectivity index (χ1) is 13.2. The van der Waals surface area contributed by atoms with Crippen molar-refractivity contribution in [2.24, 2.45) is 10.4 Å². The van der Waals surface area contributed by atoms with Crippen molar-refractivity contribution in [2.75, 3.05) is 40.5 Å². The maximum Gasteiger partial charge on any atom is 0.191 e. The Bertz CT molecular complexity index is 785. The Morgan fingerprint density at radius 3 is 2.74 bits per heavy atom. The van der Waals surface area contributed by atoms with E-state index in [0.717, 1.165) is 43.1 Å². The van der Waals surface area contributed by atoms with Gasteiger partial charge in [0.1, 0.15) is 5.75 Å². The van der Waals surface area contributed by atoms with E-state index < -0.39 is 0 Å². The van der Waals surface area contributed by atoms with Gasteiger partial charge in [-0.3, -0.25) is 4.99 Å². The summed E-state index contributed by atoms with van der Waals surface area (Å²) in [5, 5.41) is 18.5. The predicted molar refractivity (Wildman–Crippen MR) is 108 cm³/mol. The van der Waals surface area contributed by atoms with Crippen molar-refractivity contribution in [3.63, 3.8) is 0 Å². The molecule has 27 heavy (non-hydrogen) atoms. The molecule has 6 nitrogen and oxygen atoms in total. The van der Waals surface area contributed by atoms with Crippen LogP contribution >= 0.6 is 0 Å². The topological polar surface area (TPSA) is 75.1 Å². The number of methoxy groups -OCH3 is 1. The summed E-state index contributed by atoms with van der Waals surface area (Å²) in [4.78, 5) is 4.31. The van der Waals surface area contributed by atoms with E-state index in [1.54, 1.807) is 14.2 Å². The number of hydrogen-bond donors (Lipinski definition) is 3. The Labute approximate surface area is 160 Å². The fraction of sp³-hybridized carbons (Fsp3) is 0.476. The van der Waals surface area contributed by atoms with Crippen molar-refractivity contribution in [3.05, 3.63) is 42.0 Å². The second-order valence-electron chi connectivity index (χ2n) is 7.10. The molecule has 1 aliphatic rings. The van der Waals surface area contributed by atoms with Gasteiger partial charge in [-0.1, -0.05) is 18.2 Å². The predicted octanol–water partition coefficient (Wildman–Crippen LogP) is 2.30. The van der Waals surface area contributed by atoms with Crippen LogP contribution in [0.1, 0.15) is 18.4 Å². The van der Waals surface area contributed by atoms with Crippen molar-refractivity contribution in [1.29, 1.82) is 0 Å². The van der Waals surface area contributed by atoms with Gasteiger partial charge in [-0.2, -0.15) is 0 Å². The second kappa shape index (κ2) is 9.06. The third-order valence-electron chi connectivity index (χ3n) is 5.25. The minimum Gasteiger partial charge on any atom is -0.497 e. The summed E-state index contributed by atoms with van der Waals surface area (Å²) in [7, 11) is 3.45. The molecule has 1 fully saturated rings. The average Bonchev–Trinajstić information content (AvgIpc) is 3.16. The number of guanidine groups is 1. The fourth-order valence-electron chi connectivity index (χ4n) is 3.50. The summed E-state index contributed by atoms with van der Waals surface area (Å²) in [5.41, 5.74) is 1.18. The molecule has 1 heterocycles. The molecule has 0 spiro atoms. The number of hydrogen-bond acceptors (Lipinski definition) is 4. The second-order valence-corrected chi connectivity index (χ2v) is 7.10. The number of aliphatic imine (C=N–C) groups is 1. The van der Waals surface area contributed by atoms with Crippen LogP contribution in [0.3, 0.4) is 0 Å². The number of aliphatic hydroxyl groups excluding tert-OH is 1. The zero-order valence-corrected chi connectivity index (χ0v) is 16.1. The Hall–Kier alpha value is -2.31. The first kappa shape index (κ1) is 19.5. The molecule has 2 aromatic rings. The summed E-state index contributed by atoms with van der Waals surface area (Å²) in [6, 6.07) is 12.5. The van der Waals surface area contributed by atoms with Gasteiger partial charge in [0.05, 0.1) is 13.7 Å². The maximum atomic E-state index is 9.35. The van der Waals surface area contributed by atoms with Gasteiger partial charge in [0.25, 0.3) is 0 Å². The summed E-state index contributed by atoms with van der Waals surface area (Å²) >= 11 is 0. The highest BCUT2D eigenvalue weighted by Gasteiger charge is 2.34. The molecule has 0 bridgehead atoms. The van der Waals surface area contributed by atoms with Crippen LogP contribution in [0.4, 0.5) is 0 Å². The third-order valence-corrected chi connectivity index (χ3v) is 5.25. The number of aliphatic hydroxyl groups is 1. The maximum absolute atomic E-state index is 9.35. The minimum atomic E-state index is -0.00558. The Morgan fingerprint density at radius 2 is 2.04 bits per heavy atom. The molecule has 0 aromatic heterocycles. The van der Waals surface area contributed by atoms with E-state index in [2.05, 4.69) is 39.9 Å². The minimum absolute atomic E-state index is 0.00558. The van der Waals surface area contributed by atoms with E-state index in [1.807, 2.05) is 12.1 Å². The van der Waals surface area contributed by atoms with Crippen LogP contribution in [0.25, 0.3) is 10.8 Å². The van der Waals surface area contributed by atoms with Crippen molar-refractivity contribution < 1.29 is 14.6 Å². The lowest BCUT2D eigenvalue weighted by atomic mass is 9.84. The Balaban J connectivity index is 1.58. The summed E-state index contributed by atoms with van der Waals surface area (Å²) in [6.07, 6.45) is 1.71. The highest BCUT2D eigenvalue weighted by atomic mass is 16.5. The van der Waals surface area contributed by atoms with E-state index in [4.69, 9.17) is 9.47 Å². The molecular weight excluding hydrogens is 342 g/mol. The molecule has 1 unspecified atom stereocenters. The van der Waals surface area contributed by atoms with Gasteiger partial charge < -0.3 is 25.2 Å². The average molecular weight is 371 g/mol. The quantitative estimate of drug-likeness (QED) is 0.514. The summed E-state index contributed by atoms with van der Waals surface area (Å²) in [6.45, 7) is 3.05. The van der Waals surface area contributed by atoms with Gasteiger partial charge in [-0.15, -0.1) is 0 Å². The SMILES string of the molecule is CN=C(NCc1ccc2cc(OC)ccc2c1)NCC1(CCO)CCOC1. The van der Waals surface area contributed by atoms with Gasteiger partial charge in [0, 0.05) is 38.8 Å². The van der Waals surface area contributed by atoms with Crippen molar-refractivity contribution in [3.8, 4) is 5.75 Å². The molecule has 0 amide bonds. The first-order valence-corrected chi connectivity index (χ1v) is 9.38. The lowest BCUT2D eigenvalue weighted by Crippen LogP contribution is -2.44. The zero-order chi connectivity index (χ0) is 19.1. The Kier molecular flexibility index (Phi) is 6.53. The molecule has 3 rings (SSSR count). The van der Waals surface area contributed by atoms with Crippen LogP contribution in [-0.2, 0) is 11.3 Å². The third kappa shape index (κ3) is 4.90. The molecule has 146 valence electrons.